The van der Waals surface area contributed by atoms with E-state index in [0.717, 1.165) is 37.1 Å². The molecule has 1 aliphatic carbocycles. The van der Waals surface area contributed by atoms with Gasteiger partial charge in [-0.3, -0.25) is 4.90 Å². The highest BCUT2D eigenvalue weighted by Crippen LogP contribution is 2.40. The van der Waals surface area contributed by atoms with Crippen LogP contribution in [0.15, 0.2) is 46.6 Å². The minimum atomic E-state index is -0.468. The van der Waals surface area contributed by atoms with Gasteiger partial charge in [-0.25, -0.2) is 9.67 Å². The second kappa shape index (κ2) is 6.07. The number of nitrogens with two attached hydrogens (primary N) is 2. The van der Waals surface area contributed by atoms with Crippen LogP contribution in [0.2, 0.25) is 5.02 Å². The molecule has 1 saturated carbocycles. The second-order valence-electron chi connectivity index (χ2n) is 6.40. The third-order valence-corrected chi connectivity index (χ3v) is 5.09. The molecule has 2 aliphatic rings. The van der Waals surface area contributed by atoms with Crippen molar-refractivity contribution in [3.05, 3.63) is 41.7 Å². The van der Waals surface area contributed by atoms with Crippen LogP contribution in [0.1, 0.15) is 32.1 Å². The van der Waals surface area contributed by atoms with Crippen LogP contribution in [-0.4, -0.2) is 27.4 Å². The first-order chi connectivity index (χ1) is 12.1. The first kappa shape index (κ1) is 16.0. The normalized spacial score (nSPS) is 19.6. The van der Waals surface area contributed by atoms with E-state index >= 15 is 0 Å². The van der Waals surface area contributed by atoms with Crippen molar-refractivity contribution < 1.29 is 0 Å². The summed E-state index contributed by atoms with van der Waals surface area (Å²) in [5.41, 5.74) is 13.4. The van der Waals surface area contributed by atoms with Crippen molar-refractivity contribution in [2.24, 2.45) is 21.5 Å². The van der Waals surface area contributed by atoms with Crippen LogP contribution in [0.25, 0.3) is 5.69 Å². The molecule has 4 N–H and O–H groups in total. The van der Waals surface area contributed by atoms with Crippen molar-refractivity contribution in [2.45, 2.75) is 37.8 Å². The Morgan fingerprint density at radius 3 is 2.60 bits per heavy atom. The number of anilines is 1. The van der Waals surface area contributed by atoms with Crippen LogP contribution in [0, 0.1) is 0 Å². The maximum atomic E-state index is 6.52. The fourth-order valence-electron chi connectivity index (χ4n) is 3.73. The molecule has 7 nitrogen and oxygen atoms in total. The molecule has 0 amide bonds. The highest BCUT2D eigenvalue weighted by molar-refractivity contribution is 6.32. The summed E-state index contributed by atoms with van der Waals surface area (Å²) < 4.78 is 1.73. The summed E-state index contributed by atoms with van der Waals surface area (Å²) in [7, 11) is 0. The molecule has 1 fully saturated rings. The first-order valence-corrected chi connectivity index (χ1v) is 8.76. The predicted molar refractivity (Wildman–Crippen MR) is 100 cm³/mol. The number of halogens is 1. The first-order valence-electron chi connectivity index (χ1n) is 8.38. The van der Waals surface area contributed by atoms with Gasteiger partial charge in [0.2, 0.25) is 11.9 Å². The van der Waals surface area contributed by atoms with Crippen LogP contribution in [0.4, 0.5) is 5.69 Å². The Kier molecular flexibility index (Phi) is 3.88. The Morgan fingerprint density at radius 2 is 1.92 bits per heavy atom. The molecule has 25 heavy (non-hydrogen) atoms. The van der Waals surface area contributed by atoms with Crippen molar-refractivity contribution in [3.8, 4) is 5.69 Å². The van der Waals surface area contributed by atoms with Crippen LogP contribution in [-0.2, 0) is 0 Å². The fraction of sp³-hybridized carbons (Fsp3) is 0.353. The lowest BCUT2D eigenvalue weighted by Gasteiger charge is -2.45. The van der Waals surface area contributed by atoms with Crippen LogP contribution in [0.3, 0.4) is 0 Å². The number of nitrogens with zero attached hydrogens (tertiary/aromatic N) is 5. The Hall–Kier alpha value is -2.54. The van der Waals surface area contributed by atoms with Crippen LogP contribution >= 0.6 is 11.6 Å². The van der Waals surface area contributed by atoms with Crippen molar-refractivity contribution in [1.82, 2.24) is 9.78 Å². The van der Waals surface area contributed by atoms with Crippen molar-refractivity contribution in [3.63, 3.8) is 0 Å². The number of hydrogen-bond acceptors (Lipinski definition) is 6. The highest BCUT2D eigenvalue weighted by atomic mass is 35.5. The Balaban J connectivity index is 1.77. The van der Waals surface area contributed by atoms with E-state index in [-0.39, 0.29) is 5.96 Å². The predicted octanol–water partition coefficient (Wildman–Crippen LogP) is 2.64. The van der Waals surface area contributed by atoms with Gasteiger partial charge in [-0.05, 0) is 49.9 Å². The molecule has 1 spiro atoms. The fourth-order valence-corrected chi connectivity index (χ4v) is 3.99. The van der Waals surface area contributed by atoms with E-state index in [1.165, 1.54) is 6.42 Å². The van der Waals surface area contributed by atoms with Gasteiger partial charge in [-0.2, -0.15) is 10.1 Å². The molecule has 1 aromatic heterocycles. The largest absolute Gasteiger partial charge is 0.369 e. The van der Waals surface area contributed by atoms with E-state index in [1.54, 1.807) is 10.9 Å². The molecule has 0 saturated heterocycles. The Bertz CT molecular complexity index is 835. The monoisotopic (exact) mass is 357 g/mol. The quantitative estimate of drug-likeness (QED) is 0.863. The SMILES string of the molecule is NC1=NC2(CCCCC2)N(c2ccc(-n3cccn3)c(Cl)c2)C(N)=N1. The van der Waals surface area contributed by atoms with E-state index in [9.17, 15) is 0 Å². The zero-order valence-corrected chi connectivity index (χ0v) is 14.5. The van der Waals surface area contributed by atoms with Gasteiger partial charge < -0.3 is 11.5 Å². The number of aliphatic imine (C=N–C) groups is 2. The molecular weight excluding hydrogens is 338 g/mol. The maximum Gasteiger partial charge on any atom is 0.220 e. The third-order valence-electron chi connectivity index (χ3n) is 4.79. The number of hydrogen-bond donors (Lipinski definition) is 2. The molecule has 2 aromatic rings. The molecule has 0 bridgehead atoms. The van der Waals surface area contributed by atoms with Gasteiger partial charge >= 0.3 is 0 Å². The van der Waals surface area contributed by atoms with Crippen molar-refractivity contribution in [2.75, 3.05) is 4.90 Å². The highest BCUT2D eigenvalue weighted by Gasteiger charge is 2.42. The minimum absolute atomic E-state index is 0.245. The summed E-state index contributed by atoms with van der Waals surface area (Å²) >= 11 is 6.52. The van der Waals surface area contributed by atoms with E-state index in [2.05, 4.69) is 15.1 Å². The van der Waals surface area contributed by atoms with Gasteiger partial charge in [-0.15, -0.1) is 0 Å². The molecule has 0 atom stereocenters. The van der Waals surface area contributed by atoms with E-state index in [0.29, 0.717) is 11.0 Å². The summed E-state index contributed by atoms with van der Waals surface area (Å²) in [6.45, 7) is 0. The van der Waals surface area contributed by atoms with E-state index in [4.69, 9.17) is 23.1 Å². The number of rotatable bonds is 2. The summed E-state index contributed by atoms with van der Waals surface area (Å²) in [6, 6.07) is 7.64. The molecular formula is C17H20ClN7. The number of guanidine groups is 2. The van der Waals surface area contributed by atoms with Gasteiger partial charge in [-0.1, -0.05) is 18.0 Å². The van der Waals surface area contributed by atoms with Crippen molar-refractivity contribution in [1.29, 1.82) is 0 Å². The van der Waals surface area contributed by atoms with Gasteiger partial charge in [0.05, 0.1) is 10.7 Å². The standard InChI is InChI=1S/C17H20ClN7/c18-13-11-12(5-6-14(13)24-10-4-9-21-24)25-16(20)22-15(19)23-17(25)7-2-1-3-8-17/h4-6,9-11H,1-3,7-8H2,(H4,19,20,22,23). The van der Waals surface area contributed by atoms with Crippen molar-refractivity contribution >= 4 is 29.2 Å². The molecule has 0 radical (unpaired) electrons. The number of benzene rings is 1. The molecule has 130 valence electrons. The maximum absolute atomic E-state index is 6.52. The van der Waals surface area contributed by atoms with E-state index < -0.39 is 5.66 Å². The summed E-state index contributed by atoms with van der Waals surface area (Å²) in [6.07, 6.45) is 8.71. The summed E-state index contributed by atoms with van der Waals surface area (Å²) in [5, 5.41) is 4.82. The molecule has 8 heteroatoms. The van der Waals surface area contributed by atoms with Crippen LogP contribution in [0.5, 0.6) is 0 Å². The van der Waals surface area contributed by atoms with E-state index in [1.807, 2.05) is 35.4 Å². The molecule has 1 aromatic carbocycles. The lowest BCUT2D eigenvalue weighted by atomic mass is 9.87. The average molecular weight is 358 g/mol. The minimum Gasteiger partial charge on any atom is -0.369 e. The molecule has 1 aliphatic heterocycles. The second-order valence-corrected chi connectivity index (χ2v) is 6.81. The molecule has 4 rings (SSSR count). The Labute approximate surface area is 151 Å². The molecule has 0 unspecified atom stereocenters. The molecule has 2 heterocycles. The number of aromatic nitrogens is 2. The lowest BCUT2D eigenvalue weighted by Crippen LogP contribution is -2.58. The lowest BCUT2D eigenvalue weighted by molar-refractivity contribution is 0.305. The average Bonchev–Trinajstić information content (AvgIpc) is 3.09. The third kappa shape index (κ3) is 2.74. The van der Waals surface area contributed by atoms with Gasteiger partial charge in [0.15, 0.2) is 0 Å². The Morgan fingerprint density at radius 1 is 1.12 bits per heavy atom. The summed E-state index contributed by atoms with van der Waals surface area (Å²) in [4.78, 5) is 10.8. The van der Waals surface area contributed by atoms with Gasteiger partial charge in [0.1, 0.15) is 5.66 Å². The zero-order valence-electron chi connectivity index (χ0n) is 13.8. The van der Waals surface area contributed by atoms with Crippen LogP contribution < -0.4 is 16.4 Å². The van der Waals surface area contributed by atoms with Gasteiger partial charge in [0.25, 0.3) is 0 Å². The summed E-state index contributed by atoms with van der Waals surface area (Å²) in [5.74, 6) is 0.604. The zero-order chi connectivity index (χ0) is 17.4. The topological polar surface area (TPSA) is 97.8 Å². The van der Waals surface area contributed by atoms with Gasteiger partial charge in [0, 0.05) is 18.1 Å². The smallest absolute Gasteiger partial charge is 0.220 e.